The Morgan fingerprint density at radius 1 is 0.718 bits per heavy atom. The van der Waals surface area contributed by atoms with Crippen LogP contribution in [0.1, 0.15) is 27.0 Å². The Morgan fingerprint density at radius 2 is 1.36 bits per heavy atom. The summed E-state index contributed by atoms with van der Waals surface area (Å²) >= 11 is 5.98. The predicted octanol–water partition coefficient (Wildman–Crippen LogP) is 5.65. The quantitative estimate of drug-likeness (QED) is 0.228. The van der Waals surface area contributed by atoms with E-state index in [1.54, 1.807) is 78.9 Å². The lowest BCUT2D eigenvalue weighted by Gasteiger charge is -2.12. The van der Waals surface area contributed by atoms with Gasteiger partial charge < -0.3 is 16.0 Å². The van der Waals surface area contributed by atoms with Gasteiger partial charge in [-0.3, -0.25) is 14.4 Å². The number of amides is 3. The minimum absolute atomic E-state index is 0.0699. The largest absolute Gasteiger partial charge is 0.355 e. The second kappa shape index (κ2) is 13.7. The van der Waals surface area contributed by atoms with Gasteiger partial charge in [0.25, 0.3) is 11.8 Å². The molecular weight excluding hydrogens is 510 g/mol. The van der Waals surface area contributed by atoms with Gasteiger partial charge in [0, 0.05) is 22.8 Å². The van der Waals surface area contributed by atoms with Crippen molar-refractivity contribution in [2.24, 2.45) is 0 Å². The van der Waals surface area contributed by atoms with Crippen molar-refractivity contribution in [2.75, 3.05) is 11.9 Å². The molecule has 0 aromatic heterocycles. The van der Waals surface area contributed by atoms with Gasteiger partial charge in [-0.25, -0.2) is 0 Å². The molecule has 4 rings (SSSR count). The summed E-state index contributed by atoms with van der Waals surface area (Å²) in [6.45, 7) is 0.564. The summed E-state index contributed by atoms with van der Waals surface area (Å²) in [4.78, 5) is 38.3. The van der Waals surface area contributed by atoms with Gasteiger partial charge in [-0.05, 0) is 65.6 Å². The number of hydrogen-bond acceptors (Lipinski definition) is 3. The standard InChI is InChI=1S/C32H28ClN3O3/c33-27-15-11-24(12-16-27)21-29(36-31(38)26-9-5-2-6-10-26)32(39)35-28-17-13-25(14-18-28)22-30(37)34-20-19-23-7-3-1-4-8-23/h1-18,21H,19-20,22H2,(H,34,37)(H,35,39)(H,36,38). The van der Waals surface area contributed by atoms with Crippen LogP contribution in [0, 0.1) is 0 Å². The van der Waals surface area contributed by atoms with Crippen molar-refractivity contribution in [3.63, 3.8) is 0 Å². The Morgan fingerprint density at radius 3 is 2.03 bits per heavy atom. The zero-order valence-electron chi connectivity index (χ0n) is 21.2. The van der Waals surface area contributed by atoms with E-state index < -0.39 is 11.8 Å². The molecule has 4 aromatic rings. The van der Waals surface area contributed by atoms with E-state index in [-0.39, 0.29) is 18.0 Å². The molecular formula is C32H28ClN3O3. The molecule has 0 heterocycles. The molecule has 0 spiro atoms. The maximum Gasteiger partial charge on any atom is 0.272 e. The second-order valence-corrected chi connectivity index (χ2v) is 9.28. The first-order chi connectivity index (χ1) is 19.0. The van der Waals surface area contributed by atoms with E-state index in [1.165, 1.54) is 5.56 Å². The van der Waals surface area contributed by atoms with Crippen LogP contribution in [0.4, 0.5) is 5.69 Å². The number of carbonyl (C=O) groups is 3. The van der Waals surface area contributed by atoms with E-state index in [4.69, 9.17) is 11.6 Å². The van der Waals surface area contributed by atoms with E-state index in [0.717, 1.165) is 12.0 Å². The normalized spacial score (nSPS) is 10.9. The van der Waals surface area contributed by atoms with Gasteiger partial charge in [-0.1, -0.05) is 84.4 Å². The highest BCUT2D eigenvalue weighted by Gasteiger charge is 2.15. The number of anilines is 1. The molecule has 6 nitrogen and oxygen atoms in total. The van der Waals surface area contributed by atoms with Crippen LogP contribution in [0.15, 0.2) is 115 Å². The van der Waals surface area contributed by atoms with E-state index in [1.807, 2.05) is 36.4 Å². The zero-order chi connectivity index (χ0) is 27.5. The van der Waals surface area contributed by atoms with Crippen LogP contribution in [0.25, 0.3) is 6.08 Å². The fourth-order valence-corrected chi connectivity index (χ4v) is 3.94. The molecule has 196 valence electrons. The lowest BCUT2D eigenvalue weighted by atomic mass is 10.1. The van der Waals surface area contributed by atoms with Crippen LogP contribution in [-0.4, -0.2) is 24.3 Å². The maximum absolute atomic E-state index is 13.2. The third-order valence-electron chi connectivity index (χ3n) is 5.86. The van der Waals surface area contributed by atoms with Gasteiger partial charge >= 0.3 is 0 Å². The molecule has 0 saturated heterocycles. The lowest BCUT2D eigenvalue weighted by molar-refractivity contribution is -0.120. The molecule has 0 unspecified atom stereocenters. The topological polar surface area (TPSA) is 87.3 Å². The number of benzene rings is 4. The Bertz CT molecular complexity index is 1440. The fraction of sp³-hybridized carbons (Fsp3) is 0.0938. The summed E-state index contributed by atoms with van der Waals surface area (Å²) in [6, 6.07) is 32.6. The van der Waals surface area contributed by atoms with Crippen molar-refractivity contribution >= 4 is 41.1 Å². The van der Waals surface area contributed by atoms with Crippen molar-refractivity contribution in [3.8, 4) is 0 Å². The number of rotatable bonds is 10. The molecule has 0 aliphatic heterocycles. The van der Waals surface area contributed by atoms with Crippen molar-refractivity contribution in [2.45, 2.75) is 12.8 Å². The van der Waals surface area contributed by atoms with Crippen LogP contribution >= 0.6 is 11.6 Å². The molecule has 0 fully saturated rings. The minimum atomic E-state index is -0.486. The number of carbonyl (C=O) groups excluding carboxylic acids is 3. The van der Waals surface area contributed by atoms with Gasteiger partial charge in [-0.2, -0.15) is 0 Å². The average molecular weight is 538 g/mol. The number of hydrogen-bond donors (Lipinski definition) is 3. The summed E-state index contributed by atoms with van der Waals surface area (Å²) in [5.41, 5.74) is 3.73. The fourth-order valence-electron chi connectivity index (χ4n) is 3.81. The van der Waals surface area contributed by atoms with Gasteiger partial charge in [0.05, 0.1) is 6.42 Å². The van der Waals surface area contributed by atoms with E-state index in [9.17, 15) is 14.4 Å². The molecule has 7 heteroatoms. The average Bonchev–Trinajstić information content (AvgIpc) is 2.96. The molecule has 3 N–H and O–H groups in total. The van der Waals surface area contributed by atoms with Crippen molar-refractivity contribution < 1.29 is 14.4 Å². The number of nitrogens with one attached hydrogen (secondary N) is 3. The van der Waals surface area contributed by atoms with E-state index in [0.29, 0.717) is 28.4 Å². The third kappa shape index (κ3) is 8.69. The van der Waals surface area contributed by atoms with Crippen LogP contribution in [0.2, 0.25) is 5.02 Å². The molecule has 0 atom stereocenters. The van der Waals surface area contributed by atoms with Crippen LogP contribution in [0.3, 0.4) is 0 Å². The smallest absolute Gasteiger partial charge is 0.272 e. The highest BCUT2D eigenvalue weighted by atomic mass is 35.5. The van der Waals surface area contributed by atoms with E-state index >= 15 is 0 Å². The Labute approximate surface area is 232 Å². The summed E-state index contributed by atoms with van der Waals surface area (Å²) in [7, 11) is 0. The summed E-state index contributed by atoms with van der Waals surface area (Å²) < 4.78 is 0. The predicted molar refractivity (Wildman–Crippen MR) is 155 cm³/mol. The monoisotopic (exact) mass is 537 g/mol. The molecule has 4 aromatic carbocycles. The van der Waals surface area contributed by atoms with Crippen LogP contribution in [0.5, 0.6) is 0 Å². The summed E-state index contributed by atoms with van der Waals surface area (Å²) in [5, 5.41) is 9.03. The first-order valence-electron chi connectivity index (χ1n) is 12.5. The van der Waals surface area contributed by atoms with Gasteiger partial charge in [0.2, 0.25) is 5.91 Å². The van der Waals surface area contributed by atoms with Gasteiger partial charge in [0.15, 0.2) is 0 Å². The molecule has 0 radical (unpaired) electrons. The molecule has 39 heavy (non-hydrogen) atoms. The first-order valence-corrected chi connectivity index (χ1v) is 12.9. The molecule has 0 aliphatic carbocycles. The molecule has 0 bridgehead atoms. The van der Waals surface area contributed by atoms with Crippen molar-refractivity contribution in [1.82, 2.24) is 10.6 Å². The Hall–Kier alpha value is -4.68. The number of halogens is 1. The Kier molecular flexibility index (Phi) is 9.64. The third-order valence-corrected chi connectivity index (χ3v) is 6.12. The van der Waals surface area contributed by atoms with Crippen LogP contribution in [-0.2, 0) is 22.4 Å². The van der Waals surface area contributed by atoms with Gasteiger partial charge in [-0.15, -0.1) is 0 Å². The summed E-state index contributed by atoms with van der Waals surface area (Å²) in [6.07, 6.45) is 2.59. The highest BCUT2D eigenvalue weighted by Crippen LogP contribution is 2.15. The molecule has 0 aliphatic rings. The second-order valence-electron chi connectivity index (χ2n) is 8.84. The van der Waals surface area contributed by atoms with Crippen molar-refractivity contribution in [1.29, 1.82) is 0 Å². The summed E-state index contributed by atoms with van der Waals surface area (Å²) in [5.74, 6) is -0.959. The minimum Gasteiger partial charge on any atom is -0.355 e. The van der Waals surface area contributed by atoms with Gasteiger partial charge in [0.1, 0.15) is 5.70 Å². The van der Waals surface area contributed by atoms with Crippen molar-refractivity contribution in [3.05, 3.63) is 142 Å². The first kappa shape index (κ1) is 27.4. The lowest BCUT2D eigenvalue weighted by Crippen LogP contribution is -2.30. The molecule has 3 amide bonds. The Balaban J connectivity index is 1.38. The zero-order valence-corrected chi connectivity index (χ0v) is 21.9. The molecule has 0 saturated carbocycles. The highest BCUT2D eigenvalue weighted by molar-refractivity contribution is 6.30. The van der Waals surface area contributed by atoms with Crippen LogP contribution < -0.4 is 16.0 Å². The maximum atomic E-state index is 13.2. The SMILES string of the molecule is O=C(Cc1ccc(NC(=O)C(=Cc2ccc(Cl)cc2)NC(=O)c2ccccc2)cc1)NCCc1ccccc1. The van der Waals surface area contributed by atoms with E-state index in [2.05, 4.69) is 16.0 Å².